The third kappa shape index (κ3) is 5.46. The average Bonchev–Trinajstić information content (AvgIpc) is 2.54. The van der Waals surface area contributed by atoms with Crippen LogP contribution in [0.15, 0.2) is 0 Å². The van der Waals surface area contributed by atoms with Crippen molar-refractivity contribution < 1.29 is 10.2 Å². The van der Waals surface area contributed by atoms with Crippen LogP contribution in [0.5, 0.6) is 0 Å². The Balaban J connectivity index is 1.72. The predicted molar refractivity (Wildman–Crippen MR) is 97.2 cm³/mol. The van der Waals surface area contributed by atoms with Crippen LogP contribution in [0.2, 0.25) is 0 Å². The highest BCUT2D eigenvalue weighted by Crippen LogP contribution is 2.38. The second-order valence-corrected chi connectivity index (χ2v) is 9.21. The van der Waals surface area contributed by atoms with Crippen LogP contribution in [0.3, 0.4) is 0 Å². The highest BCUT2D eigenvalue weighted by molar-refractivity contribution is 4.84. The van der Waals surface area contributed by atoms with E-state index in [0.29, 0.717) is 18.3 Å². The summed E-state index contributed by atoms with van der Waals surface area (Å²) in [7, 11) is 0. The number of hydrogen-bond donors (Lipinski definition) is 2. The van der Waals surface area contributed by atoms with E-state index in [0.717, 1.165) is 49.4 Å². The van der Waals surface area contributed by atoms with E-state index >= 15 is 0 Å². The van der Waals surface area contributed by atoms with Crippen LogP contribution in [0.4, 0.5) is 0 Å². The van der Waals surface area contributed by atoms with Crippen molar-refractivity contribution in [3.05, 3.63) is 0 Å². The highest BCUT2D eigenvalue weighted by Gasteiger charge is 2.32. The first-order valence-corrected chi connectivity index (χ1v) is 10.2. The van der Waals surface area contributed by atoms with Gasteiger partial charge in [0, 0.05) is 0 Å². The fraction of sp³-hybridized carbons (Fsp3) is 1.00. The number of hydrogen-bond acceptors (Lipinski definition) is 2. The Hall–Kier alpha value is -0.0800. The second kappa shape index (κ2) is 8.85. The molecule has 2 unspecified atom stereocenters. The van der Waals surface area contributed by atoms with E-state index in [4.69, 9.17) is 0 Å². The molecule has 2 heteroatoms. The van der Waals surface area contributed by atoms with Gasteiger partial charge in [-0.25, -0.2) is 0 Å². The standard InChI is InChI=1S/C21H40O2/c1-14(2)16-5-9-18(10-6-16)20(22)13-21(23)19-11-7-17(8-12-19)15(3)4/h14-23H,5-13H2,1-4H3. The van der Waals surface area contributed by atoms with Gasteiger partial charge in [0.1, 0.15) is 0 Å². The minimum atomic E-state index is -0.291. The van der Waals surface area contributed by atoms with Crippen LogP contribution >= 0.6 is 0 Å². The molecule has 2 atom stereocenters. The summed E-state index contributed by atoms with van der Waals surface area (Å²) in [5.74, 6) is 4.08. The number of aliphatic hydroxyl groups excluding tert-OH is 2. The van der Waals surface area contributed by atoms with Crippen LogP contribution in [0.25, 0.3) is 0 Å². The number of rotatable bonds is 6. The zero-order valence-electron chi connectivity index (χ0n) is 15.9. The molecule has 136 valence electrons. The average molecular weight is 325 g/mol. The van der Waals surface area contributed by atoms with Gasteiger partial charge in [-0.3, -0.25) is 0 Å². The maximum absolute atomic E-state index is 10.6. The first-order valence-electron chi connectivity index (χ1n) is 10.2. The highest BCUT2D eigenvalue weighted by atomic mass is 16.3. The Morgan fingerprint density at radius 1 is 0.565 bits per heavy atom. The van der Waals surface area contributed by atoms with Crippen molar-refractivity contribution in [3.63, 3.8) is 0 Å². The van der Waals surface area contributed by atoms with Gasteiger partial charge >= 0.3 is 0 Å². The van der Waals surface area contributed by atoms with Gasteiger partial charge in [-0.05, 0) is 93.3 Å². The van der Waals surface area contributed by atoms with Gasteiger partial charge in [-0.1, -0.05) is 27.7 Å². The fourth-order valence-electron chi connectivity index (χ4n) is 5.03. The Kier molecular flexibility index (Phi) is 7.41. The van der Waals surface area contributed by atoms with E-state index in [9.17, 15) is 10.2 Å². The molecule has 0 aromatic heterocycles. The van der Waals surface area contributed by atoms with Gasteiger partial charge in [0.05, 0.1) is 12.2 Å². The molecule has 0 amide bonds. The molecule has 2 N–H and O–H groups in total. The van der Waals surface area contributed by atoms with E-state index in [-0.39, 0.29) is 12.2 Å². The smallest absolute Gasteiger partial charge is 0.0593 e. The van der Waals surface area contributed by atoms with Crippen LogP contribution in [0.1, 0.15) is 85.5 Å². The third-order valence-electron chi connectivity index (χ3n) is 7.09. The third-order valence-corrected chi connectivity index (χ3v) is 7.09. The van der Waals surface area contributed by atoms with E-state index in [2.05, 4.69) is 27.7 Å². The van der Waals surface area contributed by atoms with Gasteiger partial charge in [0.2, 0.25) is 0 Å². The fourth-order valence-corrected chi connectivity index (χ4v) is 5.03. The molecule has 2 aliphatic rings. The molecule has 2 nitrogen and oxygen atoms in total. The van der Waals surface area contributed by atoms with E-state index < -0.39 is 0 Å². The molecule has 2 fully saturated rings. The summed E-state index contributed by atoms with van der Waals surface area (Å²) < 4.78 is 0. The van der Waals surface area contributed by atoms with Gasteiger partial charge in [0.15, 0.2) is 0 Å². The first-order chi connectivity index (χ1) is 10.9. The topological polar surface area (TPSA) is 40.5 Å². The zero-order valence-corrected chi connectivity index (χ0v) is 15.9. The largest absolute Gasteiger partial charge is 0.393 e. The van der Waals surface area contributed by atoms with Crippen LogP contribution in [0, 0.1) is 35.5 Å². The van der Waals surface area contributed by atoms with Crippen molar-refractivity contribution in [1.29, 1.82) is 0 Å². The van der Waals surface area contributed by atoms with Gasteiger partial charge < -0.3 is 10.2 Å². The Bertz CT molecular complexity index is 291. The molecule has 2 saturated carbocycles. The van der Waals surface area contributed by atoms with Gasteiger partial charge in [-0.15, -0.1) is 0 Å². The SMILES string of the molecule is CC(C)C1CCC(C(O)CC(O)C2CCC(C(C)C)CC2)CC1. The van der Waals surface area contributed by atoms with Crippen molar-refractivity contribution >= 4 is 0 Å². The lowest BCUT2D eigenvalue weighted by molar-refractivity contribution is -0.00906. The van der Waals surface area contributed by atoms with Gasteiger partial charge in [0.25, 0.3) is 0 Å². The molecule has 0 bridgehead atoms. The van der Waals surface area contributed by atoms with Crippen LogP contribution in [-0.4, -0.2) is 22.4 Å². The Morgan fingerprint density at radius 3 is 1.09 bits per heavy atom. The first kappa shape index (κ1) is 19.2. The summed E-state index contributed by atoms with van der Waals surface area (Å²) in [6, 6.07) is 0. The van der Waals surface area contributed by atoms with E-state index in [1.807, 2.05) is 0 Å². The minimum absolute atomic E-state index is 0.291. The van der Waals surface area contributed by atoms with E-state index in [1.165, 1.54) is 25.7 Å². The molecule has 0 heterocycles. The second-order valence-electron chi connectivity index (χ2n) is 9.21. The molecule has 0 spiro atoms. The molecule has 2 rings (SSSR count). The van der Waals surface area contributed by atoms with Crippen LogP contribution < -0.4 is 0 Å². The zero-order chi connectivity index (χ0) is 17.0. The molecule has 0 saturated heterocycles. The minimum Gasteiger partial charge on any atom is -0.393 e. The predicted octanol–water partition coefficient (Wildman–Crippen LogP) is 5.02. The summed E-state index contributed by atoms with van der Waals surface area (Å²) in [4.78, 5) is 0. The molecule has 0 radical (unpaired) electrons. The Labute approximate surface area is 144 Å². The molecular formula is C21H40O2. The van der Waals surface area contributed by atoms with E-state index in [1.54, 1.807) is 0 Å². The lowest BCUT2D eigenvalue weighted by atomic mass is 9.72. The lowest BCUT2D eigenvalue weighted by Crippen LogP contribution is -2.34. The maximum Gasteiger partial charge on any atom is 0.0593 e. The molecule has 2 aliphatic carbocycles. The molecule has 0 aliphatic heterocycles. The summed E-state index contributed by atoms with van der Waals surface area (Å²) in [5.41, 5.74) is 0. The molecule has 0 aromatic carbocycles. The normalized spacial score (nSPS) is 35.5. The van der Waals surface area contributed by atoms with Crippen molar-refractivity contribution in [2.75, 3.05) is 0 Å². The van der Waals surface area contributed by atoms with Crippen molar-refractivity contribution in [2.24, 2.45) is 35.5 Å². The maximum atomic E-state index is 10.6. The molecule has 23 heavy (non-hydrogen) atoms. The lowest BCUT2D eigenvalue weighted by Gasteiger charge is -2.37. The van der Waals surface area contributed by atoms with Crippen molar-refractivity contribution in [3.8, 4) is 0 Å². The quantitative estimate of drug-likeness (QED) is 0.720. The molecule has 0 aromatic rings. The Morgan fingerprint density at radius 2 is 0.826 bits per heavy atom. The monoisotopic (exact) mass is 324 g/mol. The number of aliphatic hydroxyl groups is 2. The summed E-state index contributed by atoms with van der Waals surface area (Å²) >= 11 is 0. The van der Waals surface area contributed by atoms with Crippen molar-refractivity contribution in [2.45, 2.75) is 97.7 Å². The van der Waals surface area contributed by atoms with Gasteiger partial charge in [-0.2, -0.15) is 0 Å². The summed E-state index contributed by atoms with van der Waals surface area (Å²) in [6.45, 7) is 9.27. The van der Waals surface area contributed by atoms with Crippen LogP contribution in [-0.2, 0) is 0 Å². The van der Waals surface area contributed by atoms with Crippen molar-refractivity contribution in [1.82, 2.24) is 0 Å². The summed E-state index contributed by atoms with van der Waals surface area (Å²) in [5, 5.41) is 21.2. The molecular weight excluding hydrogens is 284 g/mol. The summed E-state index contributed by atoms with van der Waals surface area (Å²) in [6.07, 6.45) is 9.66.